The van der Waals surface area contributed by atoms with Gasteiger partial charge in [-0.15, -0.1) is 0 Å². The maximum Gasteiger partial charge on any atom is 0.257 e. The molecule has 2 unspecified atom stereocenters. The van der Waals surface area contributed by atoms with Crippen LogP contribution in [0.25, 0.3) is 0 Å². The highest BCUT2D eigenvalue weighted by atomic mass is 35.5. The molecule has 0 aromatic heterocycles. The minimum Gasteiger partial charge on any atom is -0.328 e. The summed E-state index contributed by atoms with van der Waals surface area (Å²) in [6.45, 7) is 0. The third kappa shape index (κ3) is 4.38. The normalized spacial score (nSPS) is 19.4. The molecule has 4 N–H and O–H groups in total. The van der Waals surface area contributed by atoms with Crippen molar-refractivity contribution in [3.63, 3.8) is 0 Å². The molecule has 1 fully saturated rings. The number of amides is 2. The second-order valence-corrected chi connectivity index (χ2v) is 6.68. The van der Waals surface area contributed by atoms with Gasteiger partial charge in [-0.1, -0.05) is 29.8 Å². The van der Waals surface area contributed by atoms with Crippen LogP contribution in [0.1, 0.15) is 29.6 Å². The average Bonchev–Trinajstić information content (AvgIpc) is 3.04. The molecule has 25 heavy (non-hydrogen) atoms. The largest absolute Gasteiger partial charge is 0.328 e. The number of nitrogens with two attached hydrogens (primary N) is 1. The Morgan fingerprint density at radius 3 is 2.44 bits per heavy atom. The van der Waals surface area contributed by atoms with Crippen LogP contribution in [0.15, 0.2) is 48.5 Å². The van der Waals surface area contributed by atoms with Gasteiger partial charge < -0.3 is 16.4 Å². The monoisotopic (exact) mass is 357 g/mol. The summed E-state index contributed by atoms with van der Waals surface area (Å²) in [6.07, 6.45) is 2.35. The van der Waals surface area contributed by atoms with Gasteiger partial charge >= 0.3 is 0 Å². The molecule has 3 rings (SSSR count). The molecule has 0 saturated heterocycles. The van der Waals surface area contributed by atoms with Crippen LogP contribution in [0.4, 0.5) is 11.4 Å². The van der Waals surface area contributed by atoms with Crippen molar-refractivity contribution in [2.24, 2.45) is 11.7 Å². The van der Waals surface area contributed by atoms with Gasteiger partial charge in [-0.25, -0.2) is 0 Å². The van der Waals surface area contributed by atoms with E-state index in [1.54, 1.807) is 30.3 Å². The average molecular weight is 358 g/mol. The number of carbonyl (C=O) groups is 2. The lowest BCUT2D eigenvalue weighted by atomic mass is 10.1. The van der Waals surface area contributed by atoms with Gasteiger partial charge in [0, 0.05) is 23.3 Å². The highest BCUT2D eigenvalue weighted by molar-refractivity contribution is 6.34. The van der Waals surface area contributed by atoms with Crippen LogP contribution in [0.2, 0.25) is 5.02 Å². The number of hydrogen-bond acceptors (Lipinski definition) is 3. The minimum absolute atomic E-state index is 0.0651. The summed E-state index contributed by atoms with van der Waals surface area (Å²) in [5.74, 6) is -0.466. The standard InChI is InChI=1S/C19H20ClN3O2/c20-17-9-8-15(23-18(24)12-6-7-13(21)10-12)11-16(17)19(25)22-14-4-2-1-3-5-14/h1-5,8-9,11-13H,6-7,10,21H2,(H,22,25)(H,23,24). The van der Waals surface area contributed by atoms with Crippen molar-refractivity contribution in [2.75, 3.05) is 10.6 Å². The summed E-state index contributed by atoms with van der Waals surface area (Å²) in [4.78, 5) is 24.8. The fourth-order valence-corrected chi connectivity index (χ4v) is 3.20. The molecule has 0 heterocycles. The Hall–Kier alpha value is -2.37. The number of carbonyl (C=O) groups excluding carboxylic acids is 2. The fraction of sp³-hybridized carbons (Fsp3) is 0.263. The minimum atomic E-state index is -0.324. The number of halogens is 1. The van der Waals surface area contributed by atoms with Gasteiger partial charge in [0.25, 0.3) is 5.91 Å². The molecule has 2 atom stereocenters. The van der Waals surface area contributed by atoms with E-state index in [0.29, 0.717) is 28.4 Å². The molecule has 130 valence electrons. The van der Waals surface area contributed by atoms with E-state index in [1.807, 2.05) is 18.2 Å². The predicted octanol–water partition coefficient (Wildman–Crippen LogP) is 3.66. The molecule has 1 aliphatic carbocycles. The Labute approximate surface area is 151 Å². The van der Waals surface area contributed by atoms with Crippen molar-refractivity contribution in [3.05, 3.63) is 59.1 Å². The Kier molecular flexibility index (Phi) is 5.36. The molecule has 0 radical (unpaired) electrons. The predicted molar refractivity (Wildman–Crippen MR) is 99.8 cm³/mol. The van der Waals surface area contributed by atoms with Crippen LogP contribution in [-0.4, -0.2) is 17.9 Å². The first kappa shape index (κ1) is 17.5. The fourth-order valence-electron chi connectivity index (χ4n) is 3.00. The summed E-state index contributed by atoms with van der Waals surface area (Å²) in [6, 6.07) is 14.1. The number of para-hydroxylation sites is 1. The van der Waals surface area contributed by atoms with E-state index in [4.69, 9.17) is 17.3 Å². The lowest BCUT2D eigenvalue weighted by molar-refractivity contribution is -0.119. The number of rotatable bonds is 4. The van der Waals surface area contributed by atoms with E-state index in [9.17, 15) is 9.59 Å². The van der Waals surface area contributed by atoms with E-state index in [0.717, 1.165) is 12.8 Å². The van der Waals surface area contributed by atoms with E-state index in [-0.39, 0.29) is 23.8 Å². The van der Waals surface area contributed by atoms with E-state index >= 15 is 0 Å². The molecule has 2 aromatic carbocycles. The quantitative estimate of drug-likeness (QED) is 0.780. The zero-order valence-electron chi connectivity index (χ0n) is 13.7. The molecule has 0 bridgehead atoms. The van der Waals surface area contributed by atoms with Crippen LogP contribution in [0.5, 0.6) is 0 Å². The van der Waals surface area contributed by atoms with Gasteiger partial charge in [0.15, 0.2) is 0 Å². The van der Waals surface area contributed by atoms with E-state index < -0.39 is 0 Å². The second kappa shape index (κ2) is 7.68. The number of anilines is 2. The van der Waals surface area contributed by atoms with Gasteiger partial charge in [-0.05, 0) is 49.6 Å². The van der Waals surface area contributed by atoms with Crippen LogP contribution in [-0.2, 0) is 4.79 Å². The van der Waals surface area contributed by atoms with Crippen molar-refractivity contribution in [3.8, 4) is 0 Å². The molecule has 2 amide bonds. The van der Waals surface area contributed by atoms with E-state index in [1.165, 1.54) is 0 Å². The Balaban J connectivity index is 1.71. The van der Waals surface area contributed by atoms with Gasteiger partial charge in [0.2, 0.25) is 5.91 Å². The molecular formula is C19H20ClN3O2. The maximum atomic E-state index is 12.4. The number of hydrogen-bond donors (Lipinski definition) is 3. The zero-order chi connectivity index (χ0) is 17.8. The van der Waals surface area contributed by atoms with Crippen molar-refractivity contribution in [2.45, 2.75) is 25.3 Å². The van der Waals surface area contributed by atoms with Crippen LogP contribution in [0, 0.1) is 5.92 Å². The molecular weight excluding hydrogens is 338 g/mol. The first-order valence-corrected chi connectivity index (χ1v) is 8.63. The SMILES string of the molecule is NC1CCC(C(=O)Nc2ccc(Cl)c(C(=O)Nc3ccccc3)c2)C1. The third-order valence-electron chi connectivity index (χ3n) is 4.35. The molecule has 1 saturated carbocycles. The number of nitrogens with one attached hydrogen (secondary N) is 2. The van der Waals surface area contributed by atoms with Gasteiger partial charge in [0.1, 0.15) is 0 Å². The highest BCUT2D eigenvalue weighted by Gasteiger charge is 2.27. The van der Waals surface area contributed by atoms with Gasteiger partial charge in [-0.3, -0.25) is 9.59 Å². The summed E-state index contributed by atoms with van der Waals surface area (Å²) in [5.41, 5.74) is 7.40. The molecule has 6 heteroatoms. The zero-order valence-corrected chi connectivity index (χ0v) is 14.4. The molecule has 0 spiro atoms. The molecule has 5 nitrogen and oxygen atoms in total. The number of benzene rings is 2. The van der Waals surface area contributed by atoms with Crippen molar-refractivity contribution < 1.29 is 9.59 Å². The smallest absolute Gasteiger partial charge is 0.257 e. The Morgan fingerprint density at radius 2 is 1.76 bits per heavy atom. The summed E-state index contributed by atoms with van der Waals surface area (Å²) in [7, 11) is 0. The second-order valence-electron chi connectivity index (χ2n) is 6.27. The highest BCUT2D eigenvalue weighted by Crippen LogP contribution is 2.27. The van der Waals surface area contributed by atoms with Crippen LogP contribution < -0.4 is 16.4 Å². The molecule has 2 aromatic rings. The lowest BCUT2D eigenvalue weighted by Crippen LogP contribution is -2.23. The first-order valence-electron chi connectivity index (χ1n) is 8.25. The van der Waals surface area contributed by atoms with E-state index in [2.05, 4.69) is 10.6 Å². The summed E-state index contributed by atoms with van der Waals surface area (Å²) < 4.78 is 0. The topological polar surface area (TPSA) is 84.2 Å². The van der Waals surface area contributed by atoms with Gasteiger partial charge in [0.05, 0.1) is 10.6 Å². The van der Waals surface area contributed by atoms with Crippen molar-refractivity contribution >= 4 is 34.8 Å². The third-order valence-corrected chi connectivity index (χ3v) is 4.68. The van der Waals surface area contributed by atoms with Crippen LogP contribution >= 0.6 is 11.6 Å². The molecule has 1 aliphatic rings. The van der Waals surface area contributed by atoms with Gasteiger partial charge in [-0.2, -0.15) is 0 Å². The maximum absolute atomic E-state index is 12.4. The molecule has 0 aliphatic heterocycles. The summed E-state index contributed by atoms with van der Waals surface area (Å²) >= 11 is 6.15. The summed E-state index contributed by atoms with van der Waals surface area (Å²) in [5, 5.41) is 5.97. The van der Waals surface area contributed by atoms with Crippen LogP contribution in [0.3, 0.4) is 0 Å². The first-order chi connectivity index (χ1) is 12.0. The van der Waals surface area contributed by atoms with Crippen molar-refractivity contribution in [1.82, 2.24) is 0 Å². The van der Waals surface area contributed by atoms with Crippen molar-refractivity contribution in [1.29, 1.82) is 0 Å². The Morgan fingerprint density at radius 1 is 1.00 bits per heavy atom. The lowest BCUT2D eigenvalue weighted by Gasteiger charge is -2.13. The Bertz CT molecular complexity index is 779.